The maximum atomic E-state index is 11.5. The number of pyridine rings is 1. The zero-order valence-electron chi connectivity index (χ0n) is 8.74. The van der Waals surface area contributed by atoms with Crippen LogP contribution >= 0.6 is 15.9 Å². The Morgan fingerprint density at radius 2 is 2.31 bits per heavy atom. The van der Waals surface area contributed by atoms with Crippen LogP contribution in [0.5, 0.6) is 0 Å². The minimum absolute atomic E-state index is 0.340. The summed E-state index contributed by atoms with van der Waals surface area (Å²) in [5, 5.41) is 1.95. The molecule has 0 unspecified atom stereocenters. The van der Waals surface area contributed by atoms with E-state index in [0.717, 1.165) is 15.2 Å². The van der Waals surface area contributed by atoms with Crippen molar-refractivity contribution in [1.82, 2.24) is 4.98 Å². The summed E-state index contributed by atoms with van der Waals surface area (Å²) >= 11 is 3.43. The number of nitrogens with zero attached hydrogens (tertiary/aromatic N) is 1. The molecule has 0 amide bonds. The molecule has 0 aliphatic heterocycles. The van der Waals surface area contributed by atoms with Gasteiger partial charge in [0.15, 0.2) is 0 Å². The monoisotopic (exact) mass is 279 g/mol. The molecule has 3 nitrogen and oxygen atoms in total. The van der Waals surface area contributed by atoms with Crippen molar-refractivity contribution in [2.75, 3.05) is 6.61 Å². The molecule has 1 aromatic carbocycles. The third-order valence-electron chi connectivity index (χ3n) is 2.20. The van der Waals surface area contributed by atoms with E-state index in [2.05, 4.69) is 20.9 Å². The zero-order chi connectivity index (χ0) is 11.5. The Morgan fingerprint density at radius 3 is 3.06 bits per heavy atom. The lowest BCUT2D eigenvalue weighted by Crippen LogP contribution is -2.06. The van der Waals surface area contributed by atoms with Crippen molar-refractivity contribution in [1.29, 1.82) is 0 Å². The van der Waals surface area contributed by atoms with Gasteiger partial charge in [-0.25, -0.2) is 9.78 Å². The number of carbonyl (C=O) groups excluding carboxylic acids is 1. The largest absolute Gasteiger partial charge is 0.461 e. The van der Waals surface area contributed by atoms with Crippen LogP contribution in [0.15, 0.2) is 34.9 Å². The number of ether oxygens (including phenoxy) is 1. The van der Waals surface area contributed by atoms with Gasteiger partial charge in [0.25, 0.3) is 0 Å². The van der Waals surface area contributed by atoms with Crippen LogP contribution in [0.2, 0.25) is 0 Å². The molecule has 2 aromatic rings. The normalized spacial score (nSPS) is 10.4. The lowest BCUT2D eigenvalue weighted by molar-refractivity contribution is 0.0520. The molecule has 82 valence electrons. The highest BCUT2D eigenvalue weighted by atomic mass is 79.9. The molecule has 0 atom stereocenters. The molecule has 0 aliphatic carbocycles. The van der Waals surface area contributed by atoms with Crippen molar-refractivity contribution in [3.05, 3.63) is 40.6 Å². The van der Waals surface area contributed by atoms with E-state index in [0.29, 0.717) is 12.3 Å². The first-order valence-corrected chi connectivity index (χ1v) is 5.73. The SMILES string of the molecule is CCOC(=O)c1cc2cccc(Br)c2cn1. The topological polar surface area (TPSA) is 39.2 Å². The van der Waals surface area contributed by atoms with Gasteiger partial charge in [0.05, 0.1) is 6.61 Å². The molecule has 0 bridgehead atoms. The summed E-state index contributed by atoms with van der Waals surface area (Å²) in [5.41, 5.74) is 0.340. The fourth-order valence-corrected chi connectivity index (χ4v) is 1.94. The molecule has 1 heterocycles. The highest BCUT2D eigenvalue weighted by Gasteiger charge is 2.09. The first kappa shape index (κ1) is 11.1. The van der Waals surface area contributed by atoms with Gasteiger partial charge in [-0.05, 0) is 24.4 Å². The van der Waals surface area contributed by atoms with Gasteiger partial charge in [0, 0.05) is 16.1 Å². The number of rotatable bonds is 2. The smallest absolute Gasteiger partial charge is 0.356 e. The summed E-state index contributed by atoms with van der Waals surface area (Å²) < 4.78 is 5.86. The summed E-state index contributed by atoms with van der Waals surface area (Å²) in [6, 6.07) is 7.53. The van der Waals surface area contributed by atoms with Crippen molar-refractivity contribution in [3.8, 4) is 0 Å². The molecule has 2 rings (SSSR count). The van der Waals surface area contributed by atoms with Gasteiger partial charge in [-0.2, -0.15) is 0 Å². The van der Waals surface area contributed by atoms with E-state index < -0.39 is 0 Å². The van der Waals surface area contributed by atoms with Crippen molar-refractivity contribution >= 4 is 32.7 Å². The number of aromatic nitrogens is 1. The van der Waals surface area contributed by atoms with E-state index in [-0.39, 0.29) is 5.97 Å². The molecule has 0 spiro atoms. The second-order valence-electron chi connectivity index (χ2n) is 3.25. The second kappa shape index (κ2) is 4.61. The van der Waals surface area contributed by atoms with Gasteiger partial charge >= 0.3 is 5.97 Å². The average molecular weight is 280 g/mol. The van der Waals surface area contributed by atoms with Crippen LogP contribution in [0.3, 0.4) is 0 Å². The number of hydrogen-bond acceptors (Lipinski definition) is 3. The number of halogens is 1. The van der Waals surface area contributed by atoms with E-state index in [4.69, 9.17) is 4.74 Å². The first-order chi connectivity index (χ1) is 7.72. The molecule has 4 heteroatoms. The minimum Gasteiger partial charge on any atom is -0.461 e. The predicted octanol–water partition coefficient (Wildman–Crippen LogP) is 3.17. The van der Waals surface area contributed by atoms with Gasteiger partial charge in [-0.15, -0.1) is 0 Å². The summed E-state index contributed by atoms with van der Waals surface area (Å²) in [5.74, 6) is -0.385. The second-order valence-corrected chi connectivity index (χ2v) is 4.11. The van der Waals surface area contributed by atoms with Gasteiger partial charge < -0.3 is 4.74 Å². The highest BCUT2D eigenvalue weighted by Crippen LogP contribution is 2.23. The Hall–Kier alpha value is -1.42. The molecular weight excluding hydrogens is 270 g/mol. The summed E-state index contributed by atoms with van der Waals surface area (Å²) in [6.07, 6.45) is 1.67. The third kappa shape index (κ3) is 2.07. The average Bonchev–Trinajstić information content (AvgIpc) is 2.29. The van der Waals surface area contributed by atoms with E-state index in [1.54, 1.807) is 19.2 Å². The Bertz CT molecular complexity index is 540. The fourth-order valence-electron chi connectivity index (χ4n) is 1.45. The van der Waals surface area contributed by atoms with Crippen LogP contribution in [-0.4, -0.2) is 17.6 Å². The van der Waals surface area contributed by atoms with E-state index in [1.807, 2.05) is 18.2 Å². The molecule has 1 aromatic heterocycles. The molecule has 0 aliphatic rings. The van der Waals surface area contributed by atoms with E-state index >= 15 is 0 Å². The van der Waals surface area contributed by atoms with Gasteiger partial charge in [0.1, 0.15) is 5.69 Å². The van der Waals surface area contributed by atoms with Crippen molar-refractivity contribution < 1.29 is 9.53 Å². The number of benzene rings is 1. The van der Waals surface area contributed by atoms with Crippen LogP contribution in [-0.2, 0) is 4.74 Å². The highest BCUT2D eigenvalue weighted by molar-refractivity contribution is 9.10. The zero-order valence-corrected chi connectivity index (χ0v) is 10.3. The fraction of sp³-hybridized carbons (Fsp3) is 0.167. The number of carbonyl (C=O) groups is 1. The molecule has 0 saturated carbocycles. The molecule has 0 radical (unpaired) electrons. The lowest BCUT2D eigenvalue weighted by Gasteiger charge is -2.03. The maximum absolute atomic E-state index is 11.5. The van der Waals surface area contributed by atoms with E-state index in [1.165, 1.54) is 0 Å². The molecule has 0 fully saturated rings. The molecule has 0 saturated heterocycles. The van der Waals surface area contributed by atoms with Gasteiger partial charge in [-0.1, -0.05) is 28.1 Å². The van der Waals surface area contributed by atoms with Crippen molar-refractivity contribution in [2.24, 2.45) is 0 Å². The van der Waals surface area contributed by atoms with Crippen LogP contribution in [0.25, 0.3) is 10.8 Å². The Labute approximate surface area is 102 Å². The first-order valence-electron chi connectivity index (χ1n) is 4.93. The van der Waals surface area contributed by atoms with Gasteiger partial charge in [0.2, 0.25) is 0 Å². The Balaban J connectivity index is 2.48. The Kier molecular flexibility index (Phi) is 3.19. The maximum Gasteiger partial charge on any atom is 0.356 e. The predicted molar refractivity (Wildman–Crippen MR) is 65.4 cm³/mol. The number of hydrogen-bond donors (Lipinski definition) is 0. The lowest BCUT2D eigenvalue weighted by atomic mass is 10.1. The van der Waals surface area contributed by atoms with Crippen LogP contribution < -0.4 is 0 Å². The standard InChI is InChI=1S/C12H10BrNO2/c1-2-16-12(15)11-6-8-4-3-5-10(13)9(8)7-14-11/h3-7H,2H2,1H3. The molecular formula is C12H10BrNO2. The minimum atomic E-state index is -0.385. The van der Waals surface area contributed by atoms with Crippen molar-refractivity contribution in [2.45, 2.75) is 6.92 Å². The van der Waals surface area contributed by atoms with Gasteiger partial charge in [-0.3, -0.25) is 0 Å². The summed E-state index contributed by atoms with van der Waals surface area (Å²) in [4.78, 5) is 15.6. The summed E-state index contributed by atoms with van der Waals surface area (Å²) in [6.45, 7) is 2.13. The molecule has 0 N–H and O–H groups in total. The third-order valence-corrected chi connectivity index (χ3v) is 2.89. The Morgan fingerprint density at radius 1 is 1.50 bits per heavy atom. The number of esters is 1. The van der Waals surface area contributed by atoms with Crippen molar-refractivity contribution in [3.63, 3.8) is 0 Å². The van der Waals surface area contributed by atoms with E-state index in [9.17, 15) is 4.79 Å². The number of fused-ring (bicyclic) bond motifs is 1. The quantitative estimate of drug-likeness (QED) is 0.793. The summed E-state index contributed by atoms with van der Waals surface area (Å²) in [7, 11) is 0. The molecule has 16 heavy (non-hydrogen) atoms. The van der Waals surface area contributed by atoms with Crippen LogP contribution in [0.1, 0.15) is 17.4 Å². The van der Waals surface area contributed by atoms with Crippen LogP contribution in [0, 0.1) is 0 Å². The van der Waals surface area contributed by atoms with Crippen LogP contribution in [0.4, 0.5) is 0 Å².